The minimum Gasteiger partial charge on any atom is -0.276 e. The van der Waals surface area contributed by atoms with Gasteiger partial charge in [-0.15, -0.1) is 0 Å². The van der Waals surface area contributed by atoms with E-state index < -0.39 is 0 Å². The summed E-state index contributed by atoms with van der Waals surface area (Å²) in [6.07, 6.45) is 5.40. The van der Waals surface area contributed by atoms with Gasteiger partial charge in [0.15, 0.2) is 6.19 Å². The van der Waals surface area contributed by atoms with Gasteiger partial charge < -0.3 is 0 Å². The fourth-order valence-electron chi connectivity index (χ4n) is 2.82. The van der Waals surface area contributed by atoms with Crippen LogP contribution in [-0.2, 0) is 12.8 Å². The van der Waals surface area contributed by atoms with Crippen molar-refractivity contribution in [3.8, 4) is 6.19 Å². The van der Waals surface area contributed by atoms with Crippen molar-refractivity contribution in [2.75, 3.05) is 4.90 Å². The molecule has 2 aromatic carbocycles. The Labute approximate surface area is 113 Å². The molecule has 0 N–H and O–H groups in total. The summed E-state index contributed by atoms with van der Waals surface area (Å²) in [7, 11) is 0. The SMILES string of the molecule is N#CN1c2ccccc2CCC1Cc1ccccc1. The molecule has 1 heterocycles. The van der Waals surface area contributed by atoms with Crippen molar-refractivity contribution < 1.29 is 0 Å². The van der Waals surface area contributed by atoms with E-state index in [4.69, 9.17) is 0 Å². The van der Waals surface area contributed by atoms with Gasteiger partial charge in [-0.2, -0.15) is 5.26 Å². The highest BCUT2D eigenvalue weighted by molar-refractivity contribution is 5.59. The number of benzene rings is 2. The molecule has 0 aliphatic carbocycles. The zero-order valence-electron chi connectivity index (χ0n) is 10.8. The second-order valence-corrected chi connectivity index (χ2v) is 4.98. The van der Waals surface area contributed by atoms with Gasteiger partial charge in [0.2, 0.25) is 0 Å². The summed E-state index contributed by atoms with van der Waals surface area (Å²) in [6, 6.07) is 18.9. The molecule has 2 nitrogen and oxygen atoms in total. The quantitative estimate of drug-likeness (QED) is 0.760. The Balaban J connectivity index is 1.87. The molecule has 1 atom stereocenters. The van der Waals surface area contributed by atoms with Gasteiger partial charge in [-0.1, -0.05) is 48.5 Å². The average Bonchev–Trinajstić information content (AvgIpc) is 2.48. The molecule has 0 aromatic heterocycles. The predicted molar refractivity (Wildman–Crippen MR) is 76.8 cm³/mol. The highest BCUT2D eigenvalue weighted by atomic mass is 15.2. The predicted octanol–water partition coefficient (Wildman–Crippen LogP) is 3.53. The number of nitriles is 1. The third kappa shape index (κ3) is 2.32. The van der Waals surface area contributed by atoms with Crippen molar-refractivity contribution in [1.82, 2.24) is 0 Å². The van der Waals surface area contributed by atoms with Crippen LogP contribution < -0.4 is 4.90 Å². The van der Waals surface area contributed by atoms with E-state index in [0.717, 1.165) is 24.9 Å². The van der Waals surface area contributed by atoms with Crippen molar-refractivity contribution in [2.45, 2.75) is 25.3 Å². The van der Waals surface area contributed by atoms with E-state index in [1.165, 1.54) is 11.1 Å². The lowest BCUT2D eigenvalue weighted by Gasteiger charge is -2.33. The van der Waals surface area contributed by atoms with E-state index in [-0.39, 0.29) is 6.04 Å². The average molecular weight is 248 g/mol. The summed E-state index contributed by atoms with van der Waals surface area (Å²) in [5.74, 6) is 0. The third-order valence-electron chi connectivity index (χ3n) is 3.79. The molecule has 19 heavy (non-hydrogen) atoms. The molecule has 0 spiro atoms. The van der Waals surface area contributed by atoms with Crippen LogP contribution in [0.4, 0.5) is 5.69 Å². The molecule has 2 heteroatoms. The van der Waals surface area contributed by atoms with Crippen molar-refractivity contribution in [3.05, 3.63) is 65.7 Å². The number of para-hydroxylation sites is 1. The first-order chi connectivity index (χ1) is 9.38. The first-order valence-corrected chi connectivity index (χ1v) is 6.69. The molecule has 3 rings (SSSR count). The summed E-state index contributed by atoms with van der Waals surface area (Å²) >= 11 is 0. The molecule has 1 unspecified atom stereocenters. The molecule has 0 saturated carbocycles. The first-order valence-electron chi connectivity index (χ1n) is 6.69. The summed E-state index contributed by atoms with van der Waals surface area (Å²) in [5, 5.41) is 9.46. The Hall–Kier alpha value is -2.27. The lowest BCUT2D eigenvalue weighted by Crippen LogP contribution is -2.37. The van der Waals surface area contributed by atoms with E-state index in [2.05, 4.69) is 42.6 Å². The van der Waals surface area contributed by atoms with Gasteiger partial charge in [0, 0.05) is 6.04 Å². The van der Waals surface area contributed by atoms with Crippen molar-refractivity contribution in [1.29, 1.82) is 5.26 Å². The topological polar surface area (TPSA) is 27.0 Å². The lowest BCUT2D eigenvalue weighted by molar-refractivity contribution is 0.572. The van der Waals surface area contributed by atoms with Crippen LogP contribution in [0.2, 0.25) is 0 Å². The van der Waals surface area contributed by atoms with Gasteiger partial charge in [0.25, 0.3) is 0 Å². The maximum Gasteiger partial charge on any atom is 0.184 e. The monoisotopic (exact) mass is 248 g/mol. The largest absolute Gasteiger partial charge is 0.276 e. The summed E-state index contributed by atoms with van der Waals surface area (Å²) in [4.78, 5) is 1.88. The van der Waals surface area contributed by atoms with Crippen molar-refractivity contribution in [2.24, 2.45) is 0 Å². The maximum atomic E-state index is 9.46. The third-order valence-corrected chi connectivity index (χ3v) is 3.79. The lowest BCUT2D eigenvalue weighted by atomic mass is 9.92. The van der Waals surface area contributed by atoms with E-state index in [9.17, 15) is 5.26 Å². The molecule has 0 amide bonds. The zero-order valence-corrected chi connectivity index (χ0v) is 10.8. The number of fused-ring (bicyclic) bond motifs is 1. The molecule has 2 aromatic rings. The van der Waals surface area contributed by atoms with Crippen LogP contribution in [0.15, 0.2) is 54.6 Å². The van der Waals surface area contributed by atoms with E-state index in [1.807, 2.05) is 23.1 Å². The van der Waals surface area contributed by atoms with Crippen molar-refractivity contribution in [3.63, 3.8) is 0 Å². The Morgan fingerprint density at radius 2 is 1.79 bits per heavy atom. The Morgan fingerprint density at radius 3 is 2.58 bits per heavy atom. The fourth-order valence-corrected chi connectivity index (χ4v) is 2.82. The minimum absolute atomic E-state index is 0.280. The van der Waals surface area contributed by atoms with Gasteiger partial charge in [0.05, 0.1) is 5.69 Å². The minimum atomic E-state index is 0.280. The van der Waals surface area contributed by atoms with E-state index in [1.54, 1.807) is 0 Å². The second kappa shape index (κ2) is 5.16. The molecule has 0 fully saturated rings. The van der Waals surface area contributed by atoms with Gasteiger partial charge in [-0.05, 0) is 36.5 Å². The Morgan fingerprint density at radius 1 is 1.05 bits per heavy atom. The molecule has 94 valence electrons. The number of nitrogens with zero attached hydrogens (tertiary/aromatic N) is 2. The smallest absolute Gasteiger partial charge is 0.184 e. The first kappa shape index (κ1) is 11.8. The highest BCUT2D eigenvalue weighted by Crippen LogP contribution is 2.31. The van der Waals surface area contributed by atoms with Crippen LogP contribution >= 0.6 is 0 Å². The van der Waals surface area contributed by atoms with Crippen LogP contribution in [0.1, 0.15) is 17.5 Å². The molecule has 0 radical (unpaired) electrons. The van der Waals surface area contributed by atoms with E-state index in [0.29, 0.717) is 0 Å². The normalized spacial score (nSPS) is 17.6. The molecule has 1 aliphatic rings. The Bertz CT molecular complexity index is 598. The number of hydrogen-bond donors (Lipinski definition) is 0. The van der Waals surface area contributed by atoms with Crippen LogP contribution in [0.5, 0.6) is 0 Å². The van der Waals surface area contributed by atoms with E-state index >= 15 is 0 Å². The number of aryl methyl sites for hydroxylation is 1. The fraction of sp³-hybridized carbons (Fsp3) is 0.235. The molecular formula is C17H16N2. The second-order valence-electron chi connectivity index (χ2n) is 4.98. The molecular weight excluding hydrogens is 232 g/mol. The molecule has 1 aliphatic heterocycles. The van der Waals surface area contributed by atoms with Crippen molar-refractivity contribution >= 4 is 5.69 Å². The van der Waals surface area contributed by atoms with Gasteiger partial charge in [-0.25, -0.2) is 0 Å². The molecule has 0 saturated heterocycles. The van der Waals surface area contributed by atoms with Gasteiger partial charge >= 0.3 is 0 Å². The van der Waals surface area contributed by atoms with Crippen LogP contribution in [0.3, 0.4) is 0 Å². The number of anilines is 1. The van der Waals surface area contributed by atoms with Gasteiger partial charge in [-0.3, -0.25) is 4.90 Å². The molecule has 0 bridgehead atoms. The summed E-state index contributed by atoms with van der Waals surface area (Å²) in [6.45, 7) is 0. The number of hydrogen-bond acceptors (Lipinski definition) is 2. The Kier molecular flexibility index (Phi) is 3.20. The zero-order chi connectivity index (χ0) is 13.1. The number of rotatable bonds is 2. The standard InChI is InChI=1S/C17H16N2/c18-13-19-16(12-14-6-2-1-3-7-14)11-10-15-8-4-5-9-17(15)19/h1-9,16H,10-12H2. The summed E-state index contributed by atoms with van der Waals surface area (Å²) in [5.41, 5.74) is 3.66. The van der Waals surface area contributed by atoms with Crippen LogP contribution in [0, 0.1) is 11.5 Å². The van der Waals surface area contributed by atoms with Crippen LogP contribution in [-0.4, -0.2) is 6.04 Å². The maximum absolute atomic E-state index is 9.46. The van der Waals surface area contributed by atoms with Crippen LogP contribution in [0.25, 0.3) is 0 Å². The summed E-state index contributed by atoms with van der Waals surface area (Å²) < 4.78 is 0. The highest BCUT2D eigenvalue weighted by Gasteiger charge is 2.25. The van der Waals surface area contributed by atoms with Gasteiger partial charge in [0.1, 0.15) is 0 Å².